The van der Waals surface area contributed by atoms with Gasteiger partial charge in [-0.1, -0.05) is 30.3 Å². The van der Waals surface area contributed by atoms with Crippen LogP contribution in [0.3, 0.4) is 0 Å². The van der Waals surface area contributed by atoms with Crippen molar-refractivity contribution in [3.63, 3.8) is 0 Å². The second kappa shape index (κ2) is 8.69. The first-order chi connectivity index (χ1) is 17.2. The number of hydrogen-bond acceptors (Lipinski definition) is 7. The summed E-state index contributed by atoms with van der Waals surface area (Å²) in [5, 5.41) is 27.8. The minimum absolute atomic E-state index is 0.0213. The van der Waals surface area contributed by atoms with Gasteiger partial charge in [0.1, 0.15) is 16.8 Å². The normalized spacial score (nSPS) is 11.6. The van der Waals surface area contributed by atoms with Crippen molar-refractivity contribution in [2.24, 2.45) is 0 Å². The fourth-order valence-electron chi connectivity index (χ4n) is 3.60. The molecule has 36 heavy (non-hydrogen) atoms. The number of ether oxygens (including phenoxy) is 1. The predicted molar refractivity (Wildman–Crippen MR) is 119 cm³/mol. The summed E-state index contributed by atoms with van der Waals surface area (Å²) in [5.74, 6) is -1.86. The van der Waals surface area contributed by atoms with E-state index in [0.717, 1.165) is 22.0 Å². The van der Waals surface area contributed by atoms with Crippen LogP contribution in [-0.2, 0) is 6.54 Å². The molecule has 0 aliphatic rings. The number of benzene rings is 2. The van der Waals surface area contributed by atoms with Crippen LogP contribution in [0.4, 0.5) is 13.2 Å². The predicted octanol–water partition coefficient (Wildman–Crippen LogP) is 4.03. The van der Waals surface area contributed by atoms with E-state index >= 15 is 0 Å². The molecule has 10 nitrogen and oxygen atoms in total. The molecule has 0 spiro atoms. The molecule has 0 bridgehead atoms. The Bertz CT molecular complexity index is 1580. The number of rotatable bonds is 6. The Labute approximate surface area is 199 Å². The summed E-state index contributed by atoms with van der Waals surface area (Å²) in [6.45, 7) is 0.244. The molecular formula is C23H15F3N6O4. The summed E-state index contributed by atoms with van der Waals surface area (Å²) in [6, 6.07) is 12.8. The molecule has 2 aromatic carbocycles. The summed E-state index contributed by atoms with van der Waals surface area (Å²) in [4.78, 5) is 19.4. The molecule has 0 fully saturated rings. The number of alkyl halides is 3. The third-order valence-electron chi connectivity index (χ3n) is 5.17. The van der Waals surface area contributed by atoms with E-state index in [-0.39, 0.29) is 35.2 Å². The summed E-state index contributed by atoms with van der Waals surface area (Å²) in [7, 11) is 0. The average molecular weight is 496 g/mol. The second-order valence-electron chi connectivity index (χ2n) is 7.63. The van der Waals surface area contributed by atoms with E-state index in [2.05, 4.69) is 24.9 Å². The van der Waals surface area contributed by atoms with Crippen LogP contribution in [-0.4, -0.2) is 52.1 Å². The van der Waals surface area contributed by atoms with Gasteiger partial charge in [-0.05, 0) is 34.9 Å². The molecule has 182 valence electrons. The van der Waals surface area contributed by atoms with Gasteiger partial charge in [-0.2, -0.15) is 15.2 Å². The van der Waals surface area contributed by atoms with Crippen molar-refractivity contribution in [1.82, 2.24) is 29.5 Å². The minimum Gasteiger partial charge on any atom is -0.492 e. The van der Waals surface area contributed by atoms with Gasteiger partial charge in [0.15, 0.2) is 0 Å². The van der Waals surface area contributed by atoms with Crippen LogP contribution in [0.15, 0.2) is 67.1 Å². The van der Waals surface area contributed by atoms with Crippen molar-refractivity contribution in [2.45, 2.75) is 12.9 Å². The molecule has 0 amide bonds. The first kappa shape index (κ1) is 22.8. The first-order valence-electron chi connectivity index (χ1n) is 10.3. The van der Waals surface area contributed by atoms with Crippen molar-refractivity contribution >= 4 is 17.0 Å². The fraction of sp³-hybridized carbons (Fsp3) is 0.0870. The molecule has 13 heteroatoms. The highest BCUT2D eigenvalue weighted by Gasteiger charge is 2.31. The van der Waals surface area contributed by atoms with E-state index in [1.165, 1.54) is 41.3 Å². The molecule has 0 aliphatic heterocycles. The van der Waals surface area contributed by atoms with E-state index in [0.29, 0.717) is 11.1 Å². The number of carboxylic acid groups (broad SMARTS) is 1. The van der Waals surface area contributed by atoms with Gasteiger partial charge >= 0.3 is 12.3 Å². The van der Waals surface area contributed by atoms with Crippen molar-refractivity contribution in [3.8, 4) is 28.7 Å². The SMILES string of the molecule is O=C(O)c1cnn(-c2nc(O)c3c(cnn3Cc3cccc(-c4ccc(OC(F)(F)F)cc4)c3)n2)c1. The highest BCUT2D eigenvalue weighted by molar-refractivity contribution is 5.87. The number of fused-ring (bicyclic) bond motifs is 1. The summed E-state index contributed by atoms with van der Waals surface area (Å²) < 4.78 is 43.7. The summed E-state index contributed by atoms with van der Waals surface area (Å²) in [5.41, 5.74) is 2.78. The molecule has 0 unspecified atom stereocenters. The molecule has 0 aliphatic carbocycles. The maximum absolute atomic E-state index is 12.4. The number of aromatic carboxylic acids is 1. The molecule has 0 radical (unpaired) electrons. The van der Waals surface area contributed by atoms with Crippen LogP contribution in [0.25, 0.3) is 28.1 Å². The molecular weight excluding hydrogens is 481 g/mol. The quantitative estimate of drug-likeness (QED) is 0.361. The number of carbonyl (C=O) groups is 1. The zero-order chi connectivity index (χ0) is 25.4. The van der Waals surface area contributed by atoms with Crippen LogP contribution < -0.4 is 4.74 Å². The van der Waals surface area contributed by atoms with E-state index in [9.17, 15) is 23.1 Å². The lowest BCUT2D eigenvalue weighted by atomic mass is 10.0. The molecule has 2 N–H and O–H groups in total. The van der Waals surface area contributed by atoms with E-state index < -0.39 is 12.3 Å². The fourth-order valence-corrected chi connectivity index (χ4v) is 3.60. The zero-order valence-corrected chi connectivity index (χ0v) is 18.1. The topological polar surface area (TPSA) is 128 Å². The molecule has 0 atom stereocenters. The van der Waals surface area contributed by atoms with Crippen molar-refractivity contribution in [1.29, 1.82) is 0 Å². The van der Waals surface area contributed by atoms with E-state index in [1.807, 2.05) is 18.2 Å². The molecule has 3 heterocycles. The number of nitrogens with zero attached hydrogens (tertiary/aromatic N) is 6. The Balaban J connectivity index is 1.40. The van der Waals surface area contributed by atoms with Crippen LogP contribution in [0.5, 0.6) is 11.6 Å². The molecule has 3 aromatic heterocycles. The number of hydrogen-bond donors (Lipinski definition) is 2. The standard InChI is InChI=1S/C23H15F3N6O4/c24-23(25,26)36-17-6-4-14(5-7-17)15-3-1-2-13(8-15)11-31-19-18(10-28-31)29-22(30-20(19)33)32-12-16(9-27-32)21(34)35/h1-10,12H,11H2,(H,34,35)(H,29,30,33). The molecule has 5 aromatic rings. The summed E-state index contributed by atoms with van der Waals surface area (Å²) in [6.07, 6.45) is -0.963. The number of aromatic hydroxyl groups is 1. The van der Waals surface area contributed by atoms with Gasteiger partial charge in [0.05, 0.1) is 24.5 Å². The van der Waals surface area contributed by atoms with Crippen LogP contribution in [0, 0.1) is 0 Å². The average Bonchev–Trinajstić information content (AvgIpc) is 3.47. The summed E-state index contributed by atoms with van der Waals surface area (Å²) >= 11 is 0. The smallest absolute Gasteiger partial charge is 0.492 e. The Morgan fingerprint density at radius 3 is 2.47 bits per heavy atom. The largest absolute Gasteiger partial charge is 0.573 e. The Morgan fingerprint density at radius 1 is 1.00 bits per heavy atom. The van der Waals surface area contributed by atoms with Crippen LogP contribution >= 0.6 is 0 Å². The Kier molecular flexibility index (Phi) is 5.51. The van der Waals surface area contributed by atoms with Gasteiger partial charge in [0.25, 0.3) is 5.95 Å². The number of carboxylic acids is 1. The van der Waals surface area contributed by atoms with Crippen LogP contribution in [0.2, 0.25) is 0 Å². The number of halogens is 3. The Morgan fingerprint density at radius 2 is 1.78 bits per heavy atom. The minimum atomic E-state index is -4.76. The number of aromatic nitrogens is 6. The zero-order valence-electron chi connectivity index (χ0n) is 18.1. The van der Waals surface area contributed by atoms with Crippen LogP contribution in [0.1, 0.15) is 15.9 Å². The van der Waals surface area contributed by atoms with Crippen molar-refractivity contribution in [2.75, 3.05) is 0 Å². The van der Waals surface area contributed by atoms with Gasteiger partial charge < -0.3 is 14.9 Å². The van der Waals surface area contributed by atoms with Gasteiger partial charge in [0.2, 0.25) is 5.88 Å². The highest BCUT2D eigenvalue weighted by atomic mass is 19.4. The molecule has 5 rings (SSSR count). The highest BCUT2D eigenvalue weighted by Crippen LogP contribution is 2.28. The second-order valence-corrected chi connectivity index (χ2v) is 7.63. The maximum Gasteiger partial charge on any atom is 0.573 e. The van der Waals surface area contributed by atoms with Gasteiger partial charge in [-0.25, -0.2) is 14.5 Å². The third kappa shape index (κ3) is 4.66. The molecule has 0 saturated carbocycles. The first-order valence-corrected chi connectivity index (χ1v) is 10.3. The molecule has 0 saturated heterocycles. The van der Waals surface area contributed by atoms with E-state index in [4.69, 9.17) is 5.11 Å². The van der Waals surface area contributed by atoms with Crippen molar-refractivity contribution < 1.29 is 32.9 Å². The lowest BCUT2D eigenvalue weighted by Crippen LogP contribution is -2.16. The van der Waals surface area contributed by atoms with Gasteiger partial charge in [-0.3, -0.25) is 4.68 Å². The van der Waals surface area contributed by atoms with Gasteiger partial charge in [0, 0.05) is 6.20 Å². The Hall–Kier alpha value is -4.94. The van der Waals surface area contributed by atoms with Gasteiger partial charge in [-0.15, -0.1) is 13.2 Å². The third-order valence-corrected chi connectivity index (χ3v) is 5.17. The lowest BCUT2D eigenvalue weighted by Gasteiger charge is -2.10. The monoisotopic (exact) mass is 496 g/mol. The van der Waals surface area contributed by atoms with Crippen molar-refractivity contribution in [3.05, 3.63) is 78.2 Å². The lowest BCUT2D eigenvalue weighted by molar-refractivity contribution is -0.274. The maximum atomic E-state index is 12.4. The van der Waals surface area contributed by atoms with E-state index in [1.54, 1.807) is 6.07 Å².